The summed E-state index contributed by atoms with van der Waals surface area (Å²) in [6, 6.07) is -0.398. The lowest BCUT2D eigenvalue weighted by Crippen LogP contribution is -2.51. The molecule has 1 fully saturated rings. The molecule has 1 rings (SSSR count). The third-order valence-corrected chi connectivity index (χ3v) is 2.51. The molecule has 1 aliphatic heterocycles. The first-order valence-corrected chi connectivity index (χ1v) is 5.19. The minimum atomic E-state index is -0.398. The highest BCUT2D eigenvalue weighted by Gasteiger charge is 2.27. The summed E-state index contributed by atoms with van der Waals surface area (Å²) in [6.07, 6.45) is 0.800. The van der Waals surface area contributed by atoms with Gasteiger partial charge in [-0.25, -0.2) is 0 Å². The van der Waals surface area contributed by atoms with E-state index < -0.39 is 6.04 Å². The van der Waals surface area contributed by atoms with Crippen LogP contribution in [0.2, 0.25) is 0 Å². The first-order chi connectivity index (χ1) is 7.54. The van der Waals surface area contributed by atoms with Crippen molar-refractivity contribution in [2.45, 2.75) is 25.8 Å². The molecule has 0 aromatic rings. The maximum Gasteiger partial charge on any atom is 0.309 e. The Kier molecular flexibility index (Phi) is 4.42. The molecule has 2 unspecified atom stereocenters. The van der Waals surface area contributed by atoms with Crippen LogP contribution in [0.5, 0.6) is 0 Å². The van der Waals surface area contributed by atoms with E-state index in [1.54, 1.807) is 6.92 Å². The minimum Gasteiger partial charge on any atom is -0.469 e. The van der Waals surface area contributed by atoms with Crippen LogP contribution in [0.15, 0.2) is 0 Å². The molecule has 1 heterocycles. The van der Waals surface area contributed by atoms with Gasteiger partial charge in [0.05, 0.1) is 19.1 Å². The van der Waals surface area contributed by atoms with Gasteiger partial charge in [-0.15, -0.1) is 0 Å². The lowest BCUT2D eigenvalue weighted by Gasteiger charge is -2.22. The fourth-order valence-corrected chi connectivity index (χ4v) is 1.49. The second-order valence-corrected chi connectivity index (χ2v) is 3.84. The fourth-order valence-electron chi connectivity index (χ4n) is 1.49. The Balaban J connectivity index is 2.35. The molecule has 1 aliphatic rings. The normalized spacial score (nSPS) is 22.5. The predicted molar refractivity (Wildman–Crippen MR) is 55.4 cm³/mol. The molecule has 6 heteroatoms. The summed E-state index contributed by atoms with van der Waals surface area (Å²) >= 11 is 0. The molecule has 16 heavy (non-hydrogen) atoms. The SMILES string of the molecule is COC(=O)C(C)CNC1CCC(=O)NC1=O. The third kappa shape index (κ3) is 3.30. The second-order valence-electron chi connectivity index (χ2n) is 3.84. The van der Waals surface area contributed by atoms with Gasteiger partial charge in [0.25, 0.3) is 0 Å². The quantitative estimate of drug-likeness (QED) is 0.485. The van der Waals surface area contributed by atoms with Gasteiger partial charge in [-0.05, 0) is 6.42 Å². The van der Waals surface area contributed by atoms with E-state index >= 15 is 0 Å². The Morgan fingerprint density at radius 1 is 1.62 bits per heavy atom. The summed E-state index contributed by atoms with van der Waals surface area (Å²) in [5.74, 6) is -1.20. The van der Waals surface area contributed by atoms with Gasteiger partial charge < -0.3 is 10.1 Å². The van der Waals surface area contributed by atoms with Crippen LogP contribution in [0.3, 0.4) is 0 Å². The number of methoxy groups -OCH3 is 1. The maximum absolute atomic E-state index is 11.3. The summed E-state index contributed by atoms with van der Waals surface area (Å²) < 4.78 is 4.56. The molecule has 0 saturated carbocycles. The Morgan fingerprint density at radius 2 is 2.31 bits per heavy atom. The van der Waals surface area contributed by atoms with Crippen LogP contribution in [0.4, 0.5) is 0 Å². The lowest BCUT2D eigenvalue weighted by atomic mass is 10.1. The highest BCUT2D eigenvalue weighted by Crippen LogP contribution is 2.05. The summed E-state index contributed by atoms with van der Waals surface area (Å²) in [5, 5.41) is 5.18. The zero-order valence-electron chi connectivity index (χ0n) is 9.41. The van der Waals surface area contributed by atoms with E-state index in [9.17, 15) is 14.4 Å². The molecule has 1 saturated heterocycles. The molecule has 90 valence electrons. The van der Waals surface area contributed by atoms with Gasteiger partial charge in [-0.2, -0.15) is 0 Å². The number of ether oxygens (including phenoxy) is 1. The lowest BCUT2D eigenvalue weighted by molar-refractivity contribution is -0.145. The number of hydrogen-bond donors (Lipinski definition) is 2. The smallest absolute Gasteiger partial charge is 0.309 e. The molecule has 0 spiro atoms. The molecular weight excluding hydrogens is 212 g/mol. The number of hydrogen-bond acceptors (Lipinski definition) is 5. The van der Waals surface area contributed by atoms with Gasteiger partial charge in [0, 0.05) is 13.0 Å². The number of nitrogens with one attached hydrogen (secondary N) is 2. The Hall–Kier alpha value is -1.43. The topological polar surface area (TPSA) is 84.5 Å². The van der Waals surface area contributed by atoms with Gasteiger partial charge >= 0.3 is 5.97 Å². The van der Waals surface area contributed by atoms with E-state index in [0.29, 0.717) is 19.4 Å². The first-order valence-electron chi connectivity index (χ1n) is 5.19. The summed E-state index contributed by atoms with van der Waals surface area (Å²) in [7, 11) is 1.32. The standard InChI is InChI=1S/C10H16N2O4/c1-6(10(15)16-2)5-11-7-3-4-8(13)12-9(7)14/h6-7,11H,3-5H2,1-2H3,(H,12,13,14). The van der Waals surface area contributed by atoms with Crippen molar-refractivity contribution in [2.24, 2.45) is 5.92 Å². The number of esters is 1. The maximum atomic E-state index is 11.3. The molecule has 0 aliphatic carbocycles. The number of carbonyl (C=O) groups excluding carboxylic acids is 3. The summed E-state index contributed by atoms with van der Waals surface area (Å²) in [4.78, 5) is 33.3. The molecule has 2 amide bonds. The highest BCUT2D eigenvalue weighted by molar-refractivity contribution is 6.00. The van der Waals surface area contributed by atoms with Gasteiger partial charge in [0.1, 0.15) is 0 Å². The monoisotopic (exact) mass is 228 g/mol. The van der Waals surface area contributed by atoms with Crippen molar-refractivity contribution in [1.82, 2.24) is 10.6 Å². The van der Waals surface area contributed by atoms with E-state index in [0.717, 1.165) is 0 Å². The molecule has 6 nitrogen and oxygen atoms in total. The van der Waals surface area contributed by atoms with E-state index in [1.165, 1.54) is 7.11 Å². The van der Waals surface area contributed by atoms with Gasteiger partial charge in [-0.3, -0.25) is 19.7 Å². The molecule has 2 N–H and O–H groups in total. The van der Waals surface area contributed by atoms with E-state index in [-0.39, 0.29) is 23.7 Å². The van der Waals surface area contributed by atoms with Gasteiger partial charge in [-0.1, -0.05) is 6.92 Å². The highest BCUT2D eigenvalue weighted by atomic mass is 16.5. The van der Waals surface area contributed by atoms with Crippen molar-refractivity contribution in [3.8, 4) is 0 Å². The van der Waals surface area contributed by atoms with E-state index in [1.807, 2.05) is 0 Å². The molecule has 0 aromatic carbocycles. The summed E-state index contributed by atoms with van der Waals surface area (Å²) in [6.45, 7) is 2.07. The third-order valence-electron chi connectivity index (χ3n) is 2.51. The largest absolute Gasteiger partial charge is 0.469 e. The number of piperidine rings is 1. The molecule has 0 radical (unpaired) electrons. The minimum absolute atomic E-state index is 0.246. The fraction of sp³-hybridized carbons (Fsp3) is 0.700. The number of imide groups is 1. The van der Waals surface area contributed by atoms with Crippen molar-refractivity contribution in [2.75, 3.05) is 13.7 Å². The number of rotatable bonds is 4. The van der Waals surface area contributed by atoms with Crippen molar-refractivity contribution in [3.63, 3.8) is 0 Å². The van der Waals surface area contributed by atoms with Crippen LogP contribution in [0, 0.1) is 5.92 Å². The number of amides is 2. The number of carbonyl (C=O) groups is 3. The molecule has 0 bridgehead atoms. The summed E-state index contributed by atoms with van der Waals surface area (Å²) in [5.41, 5.74) is 0. The van der Waals surface area contributed by atoms with Crippen LogP contribution >= 0.6 is 0 Å². The van der Waals surface area contributed by atoms with Crippen LogP contribution < -0.4 is 10.6 Å². The molecule has 0 aromatic heterocycles. The van der Waals surface area contributed by atoms with Gasteiger partial charge in [0.15, 0.2) is 0 Å². The van der Waals surface area contributed by atoms with Crippen molar-refractivity contribution in [3.05, 3.63) is 0 Å². The van der Waals surface area contributed by atoms with E-state index in [2.05, 4.69) is 15.4 Å². The van der Waals surface area contributed by atoms with Crippen LogP contribution in [0.1, 0.15) is 19.8 Å². The molecule has 2 atom stereocenters. The van der Waals surface area contributed by atoms with E-state index in [4.69, 9.17) is 0 Å². The van der Waals surface area contributed by atoms with Crippen molar-refractivity contribution >= 4 is 17.8 Å². The van der Waals surface area contributed by atoms with Crippen molar-refractivity contribution < 1.29 is 19.1 Å². The van der Waals surface area contributed by atoms with Crippen LogP contribution in [-0.4, -0.2) is 37.5 Å². The zero-order valence-corrected chi connectivity index (χ0v) is 9.41. The Bertz CT molecular complexity index is 303. The van der Waals surface area contributed by atoms with Crippen LogP contribution in [-0.2, 0) is 19.1 Å². The first kappa shape index (κ1) is 12.6. The predicted octanol–water partition coefficient (Wildman–Crippen LogP) is -0.810. The second kappa shape index (κ2) is 5.60. The average molecular weight is 228 g/mol. The Labute approximate surface area is 93.7 Å². The van der Waals surface area contributed by atoms with Crippen LogP contribution in [0.25, 0.3) is 0 Å². The Morgan fingerprint density at radius 3 is 2.88 bits per heavy atom. The van der Waals surface area contributed by atoms with Crippen molar-refractivity contribution in [1.29, 1.82) is 0 Å². The molecular formula is C10H16N2O4. The average Bonchev–Trinajstić information content (AvgIpc) is 2.26. The zero-order chi connectivity index (χ0) is 12.1. The van der Waals surface area contributed by atoms with Gasteiger partial charge in [0.2, 0.25) is 11.8 Å².